The Kier molecular flexibility index (Phi) is 6.11. The van der Waals surface area contributed by atoms with E-state index < -0.39 is 0 Å². The highest BCUT2D eigenvalue weighted by Gasteiger charge is 2.32. The molecule has 144 valence electrons. The Morgan fingerprint density at radius 3 is 2.52 bits per heavy atom. The number of aromatic nitrogens is 1. The van der Waals surface area contributed by atoms with Gasteiger partial charge in [-0.3, -0.25) is 4.79 Å². The van der Waals surface area contributed by atoms with Gasteiger partial charge in [-0.05, 0) is 57.1 Å². The molecule has 0 bridgehead atoms. The van der Waals surface area contributed by atoms with Crippen LogP contribution in [-0.2, 0) is 11.3 Å². The van der Waals surface area contributed by atoms with E-state index in [1.807, 2.05) is 30.3 Å². The number of nitrogens with two attached hydrogens (primary N) is 1. The Morgan fingerprint density at radius 1 is 1.15 bits per heavy atom. The van der Waals surface area contributed by atoms with Crippen molar-refractivity contribution in [1.82, 2.24) is 4.98 Å². The molecule has 1 amide bonds. The zero-order valence-electron chi connectivity index (χ0n) is 16.2. The second-order valence-electron chi connectivity index (χ2n) is 8.13. The summed E-state index contributed by atoms with van der Waals surface area (Å²) in [5.74, 6) is 1.42. The van der Waals surface area contributed by atoms with Crippen LogP contribution in [-0.4, -0.2) is 16.4 Å². The molecule has 0 aliphatic heterocycles. The van der Waals surface area contributed by atoms with Crippen molar-refractivity contribution >= 4 is 17.4 Å². The van der Waals surface area contributed by atoms with Crippen LogP contribution < -0.4 is 16.4 Å². The molecule has 0 unspecified atom stereocenters. The third-order valence-electron chi connectivity index (χ3n) is 5.49. The van der Waals surface area contributed by atoms with E-state index in [0.717, 1.165) is 37.2 Å². The molecule has 0 saturated heterocycles. The molecule has 0 radical (unpaired) electrons. The summed E-state index contributed by atoms with van der Waals surface area (Å²) in [6, 6.07) is 13.9. The lowest BCUT2D eigenvalue weighted by Crippen LogP contribution is -2.43. The first-order chi connectivity index (χ1) is 12.9. The van der Waals surface area contributed by atoms with Gasteiger partial charge in [-0.2, -0.15) is 0 Å². The normalized spacial score (nSPS) is 20.1. The SMILES string of the molecule is CC(C)(N)[C@H]1CC[C@H](C(=O)Nc2ccnc(NCc3ccccc3)c2)CC1. The lowest BCUT2D eigenvalue weighted by molar-refractivity contribution is -0.121. The molecule has 1 aliphatic carbocycles. The molecule has 1 fully saturated rings. The van der Waals surface area contributed by atoms with E-state index in [-0.39, 0.29) is 17.4 Å². The minimum atomic E-state index is -0.161. The zero-order valence-corrected chi connectivity index (χ0v) is 16.2. The minimum Gasteiger partial charge on any atom is -0.366 e. The van der Waals surface area contributed by atoms with Crippen LogP contribution in [0.4, 0.5) is 11.5 Å². The van der Waals surface area contributed by atoms with E-state index in [0.29, 0.717) is 12.5 Å². The molecule has 2 aromatic rings. The quantitative estimate of drug-likeness (QED) is 0.716. The Balaban J connectivity index is 1.52. The highest BCUT2D eigenvalue weighted by Crippen LogP contribution is 2.34. The third-order valence-corrected chi connectivity index (χ3v) is 5.49. The maximum atomic E-state index is 12.6. The first-order valence-electron chi connectivity index (χ1n) is 9.75. The highest BCUT2D eigenvalue weighted by molar-refractivity contribution is 5.92. The maximum Gasteiger partial charge on any atom is 0.227 e. The van der Waals surface area contributed by atoms with E-state index in [2.05, 4.69) is 41.6 Å². The molecule has 27 heavy (non-hydrogen) atoms. The number of pyridine rings is 1. The van der Waals surface area contributed by atoms with Crippen LogP contribution in [0.2, 0.25) is 0 Å². The van der Waals surface area contributed by atoms with Gasteiger partial charge in [0, 0.05) is 36.0 Å². The fraction of sp³-hybridized carbons (Fsp3) is 0.455. The van der Waals surface area contributed by atoms with Crippen LogP contribution in [0, 0.1) is 11.8 Å². The van der Waals surface area contributed by atoms with Crippen molar-refractivity contribution in [3.8, 4) is 0 Å². The van der Waals surface area contributed by atoms with Gasteiger partial charge < -0.3 is 16.4 Å². The van der Waals surface area contributed by atoms with Crippen molar-refractivity contribution in [2.75, 3.05) is 10.6 Å². The van der Waals surface area contributed by atoms with Gasteiger partial charge in [-0.15, -0.1) is 0 Å². The fourth-order valence-electron chi connectivity index (χ4n) is 3.74. The smallest absolute Gasteiger partial charge is 0.227 e. The fourth-order valence-corrected chi connectivity index (χ4v) is 3.74. The third kappa shape index (κ3) is 5.54. The lowest BCUT2D eigenvalue weighted by atomic mass is 9.73. The van der Waals surface area contributed by atoms with E-state index in [1.54, 1.807) is 6.20 Å². The van der Waals surface area contributed by atoms with Crippen molar-refractivity contribution in [3.05, 3.63) is 54.2 Å². The molecular weight excluding hydrogens is 336 g/mol. The van der Waals surface area contributed by atoms with Crippen molar-refractivity contribution in [3.63, 3.8) is 0 Å². The van der Waals surface area contributed by atoms with Gasteiger partial charge in [-0.1, -0.05) is 30.3 Å². The Bertz CT molecular complexity index is 746. The van der Waals surface area contributed by atoms with Gasteiger partial charge in [0.05, 0.1) is 0 Å². The molecule has 3 rings (SSSR count). The van der Waals surface area contributed by atoms with E-state index in [9.17, 15) is 4.79 Å². The Labute approximate surface area is 161 Å². The first-order valence-corrected chi connectivity index (χ1v) is 9.75. The van der Waals surface area contributed by atoms with Gasteiger partial charge in [0.2, 0.25) is 5.91 Å². The number of carbonyl (C=O) groups is 1. The number of hydrogen-bond acceptors (Lipinski definition) is 4. The number of hydrogen-bond donors (Lipinski definition) is 3. The molecule has 1 aromatic carbocycles. The van der Waals surface area contributed by atoms with Gasteiger partial charge in [-0.25, -0.2) is 4.98 Å². The largest absolute Gasteiger partial charge is 0.366 e. The molecular formula is C22H30N4O. The highest BCUT2D eigenvalue weighted by atomic mass is 16.1. The van der Waals surface area contributed by atoms with Crippen LogP contribution in [0.3, 0.4) is 0 Å². The summed E-state index contributed by atoms with van der Waals surface area (Å²) in [6.07, 6.45) is 5.56. The number of rotatable bonds is 6. The van der Waals surface area contributed by atoms with Gasteiger partial charge in [0.15, 0.2) is 0 Å². The number of carbonyl (C=O) groups excluding carboxylic acids is 1. The Hall–Kier alpha value is -2.40. The predicted octanol–water partition coefficient (Wildman–Crippen LogP) is 4.18. The summed E-state index contributed by atoms with van der Waals surface area (Å²) >= 11 is 0. The summed E-state index contributed by atoms with van der Waals surface area (Å²) in [7, 11) is 0. The summed E-state index contributed by atoms with van der Waals surface area (Å²) in [5.41, 5.74) is 8.04. The molecule has 4 N–H and O–H groups in total. The zero-order chi connectivity index (χ0) is 19.3. The second-order valence-corrected chi connectivity index (χ2v) is 8.13. The van der Waals surface area contributed by atoms with Crippen LogP contribution >= 0.6 is 0 Å². The predicted molar refractivity (Wildman–Crippen MR) is 110 cm³/mol. The second kappa shape index (κ2) is 8.53. The average Bonchev–Trinajstić information content (AvgIpc) is 2.67. The van der Waals surface area contributed by atoms with Crippen LogP contribution in [0.1, 0.15) is 45.1 Å². The van der Waals surface area contributed by atoms with Crippen molar-refractivity contribution < 1.29 is 4.79 Å². The first kappa shape index (κ1) is 19.4. The molecule has 1 heterocycles. The number of nitrogens with zero attached hydrogens (tertiary/aromatic N) is 1. The summed E-state index contributed by atoms with van der Waals surface area (Å²) in [5, 5.41) is 6.35. The number of anilines is 2. The average molecular weight is 367 g/mol. The molecule has 0 atom stereocenters. The summed E-state index contributed by atoms with van der Waals surface area (Å²) in [6.45, 7) is 4.86. The van der Waals surface area contributed by atoms with Crippen LogP contribution in [0.5, 0.6) is 0 Å². The number of amides is 1. The molecule has 1 saturated carbocycles. The monoisotopic (exact) mass is 366 g/mol. The lowest BCUT2D eigenvalue weighted by Gasteiger charge is -2.36. The van der Waals surface area contributed by atoms with E-state index in [4.69, 9.17) is 5.73 Å². The van der Waals surface area contributed by atoms with Crippen molar-refractivity contribution in [2.45, 2.75) is 51.6 Å². The topological polar surface area (TPSA) is 80.0 Å². The minimum absolute atomic E-state index is 0.0671. The van der Waals surface area contributed by atoms with Gasteiger partial charge in [0.1, 0.15) is 5.82 Å². The van der Waals surface area contributed by atoms with Gasteiger partial charge >= 0.3 is 0 Å². The molecule has 5 heteroatoms. The summed E-state index contributed by atoms with van der Waals surface area (Å²) < 4.78 is 0. The Morgan fingerprint density at radius 2 is 1.85 bits per heavy atom. The van der Waals surface area contributed by atoms with Crippen LogP contribution in [0.15, 0.2) is 48.7 Å². The van der Waals surface area contributed by atoms with Gasteiger partial charge in [0.25, 0.3) is 0 Å². The van der Waals surface area contributed by atoms with Crippen LogP contribution in [0.25, 0.3) is 0 Å². The van der Waals surface area contributed by atoms with E-state index >= 15 is 0 Å². The van der Waals surface area contributed by atoms with Crippen molar-refractivity contribution in [2.24, 2.45) is 17.6 Å². The summed E-state index contributed by atoms with van der Waals surface area (Å²) in [4.78, 5) is 17.0. The number of benzene rings is 1. The molecule has 1 aromatic heterocycles. The van der Waals surface area contributed by atoms with E-state index in [1.165, 1.54) is 5.56 Å². The number of nitrogens with one attached hydrogen (secondary N) is 2. The molecule has 5 nitrogen and oxygen atoms in total. The standard InChI is InChI=1S/C22H30N4O/c1-22(2,23)18-10-8-17(9-11-18)21(27)26-19-12-13-24-20(14-19)25-15-16-6-4-3-5-7-16/h3-7,12-14,17-18H,8-11,15,23H2,1-2H3,(H2,24,25,26,27)/t17-,18-. The molecule has 1 aliphatic rings. The molecule has 0 spiro atoms. The maximum absolute atomic E-state index is 12.6. The van der Waals surface area contributed by atoms with Crippen molar-refractivity contribution in [1.29, 1.82) is 0 Å².